The van der Waals surface area contributed by atoms with E-state index in [4.69, 9.17) is 4.74 Å². The molecule has 0 aromatic carbocycles. The third kappa shape index (κ3) is 4.69. The summed E-state index contributed by atoms with van der Waals surface area (Å²) in [6.45, 7) is 7.60. The van der Waals surface area contributed by atoms with Gasteiger partial charge in [-0.25, -0.2) is 0 Å². The molecular weight excluding hydrogens is 344 g/mol. The predicted octanol–water partition coefficient (Wildman–Crippen LogP) is 2.56. The fourth-order valence-corrected chi connectivity index (χ4v) is 4.17. The van der Waals surface area contributed by atoms with Gasteiger partial charge >= 0.3 is 0 Å². The van der Waals surface area contributed by atoms with Crippen molar-refractivity contribution in [1.29, 1.82) is 0 Å². The molecule has 1 aromatic heterocycles. The number of piperidine rings is 1. The highest BCUT2D eigenvalue weighted by atomic mass is 16.5. The molecule has 2 saturated heterocycles. The Kier molecular flexibility index (Phi) is 6.88. The summed E-state index contributed by atoms with van der Waals surface area (Å²) in [5, 5.41) is 7.18. The number of carbonyl (C=O) groups excluding carboxylic acids is 2. The molecule has 0 spiro atoms. The maximum atomic E-state index is 12.7. The van der Waals surface area contributed by atoms with Crippen LogP contribution in [-0.2, 0) is 9.53 Å². The van der Waals surface area contributed by atoms with Crippen molar-refractivity contribution >= 4 is 11.8 Å². The zero-order chi connectivity index (χ0) is 19.2. The third-order valence-electron chi connectivity index (χ3n) is 5.88. The van der Waals surface area contributed by atoms with Crippen LogP contribution < -0.4 is 0 Å². The minimum atomic E-state index is 0.0386. The molecule has 7 heteroatoms. The summed E-state index contributed by atoms with van der Waals surface area (Å²) in [6, 6.07) is 0. The standard InChI is InChI=1S/C20H32N4O3/c1-3-23(4-2)20(26)17-14-21-22-19(17)15-8-10-24(11-9-15)18(25)13-16-7-5-6-12-27-16/h14-16H,3-13H2,1-2H3,(H,21,22)/t16-/m0/s1. The molecule has 1 N–H and O–H groups in total. The summed E-state index contributed by atoms with van der Waals surface area (Å²) >= 11 is 0. The molecule has 2 amide bonds. The monoisotopic (exact) mass is 376 g/mol. The van der Waals surface area contributed by atoms with E-state index in [2.05, 4.69) is 10.2 Å². The number of nitrogens with one attached hydrogen (secondary N) is 1. The molecular formula is C20H32N4O3. The number of ether oxygens (including phenoxy) is 1. The van der Waals surface area contributed by atoms with Gasteiger partial charge in [0.2, 0.25) is 5.91 Å². The summed E-state index contributed by atoms with van der Waals surface area (Å²) in [5.41, 5.74) is 1.61. The minimum Gasteiger partial charge on any atom is -0.378 e. The van der Waals surface area contributed by atoms with E-state index in [1.54, 1.807) is 6.20 Å². The number of rotatable bonds is 6. The number of hydrogen-bond donors (Lipinski definition) is 1. The van der Waals surface area contributed by atoms with E-state index in [1.807, 2.05) is 23.6 Å². The number of likely N-dealkylation sites (tertiary alicyclic amines) is 1. The van der Waals surface area contributed by atoms with Crippen LogP contribution in [0.3, 0.4) is 0 Å². The molecule has 1 atom stereocenters. The molecule has 0 unspecified atom stereocenters. The van der Waals surface area contributed by atoms with Crippen LogP contribution >= 0.6 is 0 Å². The number of H-pyrrole nitrogens is 1. The third-order valence-corrected chi connectivity index (χ3v) is 5.88. The van der Waals surface area contributed by atoms with Gasteiger partial charge in [-0.1, -0.05) is 0 Å². The van der Waals surface area contributed by atoms with Gasteiger partial charge < -0.3 is 14.5 Å². The van der Waals surface area contributed by atoms with E-state index < -0.39 is 0 Å². The highest BCUT2D eigenvalue weighted by molar-refractivity contribution is 5.95. The van der Waals surface area contributed by atoms with Crippen LogP contribution in [-0.4, -0.2) is 70.7 Å². The van der Waals surface area contributed by atoms with E-state index in [1.165, 1.54) is 0 Å². The molecule has 1 aromatic rings. The Morgan fingerprint density at radius 2 is 1.96 bits per heavy atom. The highest BCUT2D eigenvalue weighted by Gasteiger charge is 2.30. The molecule has 150 valence electrons. The molecule has 0 saturated carbocycles. The van der Waals surface area contributed by atoms with Gasteiger partial charge in [-0.2, -0.15) is 5.10 Å². The molecule has 0 radical (unpaired) electrons. The summed E-state index contributed by atoms with van der Waals surface area (Å²) in [7, 11) is 0. The molecule has 2 aliphatic heterocycles. The predicted molar refractivity (Wildman–Crippen MR) is 103 cm³/mol. The minimum absolute atomic E-state index is 0.0386. The van der Waals surface area contributed by atoms with Crippen molar-refractivity contribution in [2.45, 2.75) is 64.4 Å². The lowest BCUT2D eigenvalue weighted by atomic mass is 9.90. The Labute approximate surface area is 161 Å². The Morgan fingerprint density at radius 1 is 1.22 bits per heavy atom. The fraction of sp³-hybridized carbons (Fsp3) is 0.750. The number of nitrogens with zero attached hydrogens (tertiary/aromatic N) is 3. The van der Waals surface area contributed by atoms with E-state index in [0.29, 0.717) is 25.1 Å². The van der Waals surface area contributed by atoms with Gasteiger partial charge in [0.25, 0.3) is 5.91 Å². The maximum Gasteiger partial charge on any atom is 0.257 e. The second-order valence-corrected chi connectivity index (χ2v) is 7.52. The van der Waals surface area contributed by atoms with Crippen molar-refractivity contribution in [2.24, 2.45) is 0 Å². The lowest BCUT2D eigenvalue weighted by Gasteiger charge is -2.33. The zero-order valence-electron chi connectivity index (χ0n) is 16.6. The number of aromatic nitrogens is 2. The molecule has 3 heterocycles. The molecule has 7 nitrogen and oxygen atoms in total. The van der Waals surface area contributed by atoms with Gasteiger partial charge in [0.15, 0.2) is 0 Å². The van der Waals surface area contributed by atoms with Gasteiger partial charge in [-0.3, -0.25) is 14.7 Å². The molecule has 0 bridgehead atoms. The lowest BCUT2D eigenvalue weighted by Crippen LogP contribution is -2.40. The van der Waals surface area contributed by atoms with Gasteiger partial charge in [0.1, 0.15) is 0 Å². The first-order chi connectivity index (χ1) is 13.1. The van der Waals surface area contributed by atoms with Crippen LogP contribution in [0, 0.1) is 0 Å². The van der Waals surface area contributed by atoms with E-state index in [9.17, 15) is 9.59 Å². The summed E-state index contributed by atoms with van der Waals surface area (Å²) < 4.78 is 5.70. The Bertz CT molecular complexity index is 627. The van der Waals surface area contributed by atoms with Gasteiger partial charge in [0.05, 0.1) is 30.0 Å². The second-order valence-electron chi connectivity index (χ2n) is 7.52. The topological polar surface area (TPSA) is 78.5 Å². The first-order valence-electron chi connectivity index (χ1n) is 10.4. The average molecular weight is 377 g/mol. The smallest absolute Gasteiger partial charge is 0.257 e. The number of amides is 2. The largest absolute Gasteiger partial charge is 0.378 e. The second kappa shape index (κ2) is 9.35. The van der Waals surface area contributed by atoms with Gasteiger partial charge in [-0.15, -0.1) is 0 Å². The quantitative estimate of drug-likeness (QED) is 0.828. The first-order valence-corrected chi connectivity index (χ1v) is 10.4. The molecule has 2 fully saturated rings. The van der Waals surface area contributed by atoms with Crippen LogP contribution in [0.4, 0.5) is 0 Å². The SMILES string of the molecule is CCN(CC)C(=O)c1cn[nH]c1C1CCN(C(=O)C[C@@H]2CCCCO2)CC1. The average Bonchev–Trinajstić information content (AvgIpc) is 3.19. The van der Waals surface area contributed by atoms with Crippen LogP contribution in [0.2, 0.25) is 0 Å². The van der Waals surface area contributed by atoms with Crippen molar-refractivity contribution < 1.29 is 14.3 Å². The van der Waals surface area contributed by atoms with Crippen molar-refractivity contribution in [3.8, 4) is 0 Å². The van der Waals surface area contributed by atoms with Crippen molar-refractivity contribution in [2.75, 3.05) is 32.8 Å². The van der Waals surface area contributed by atoms with Crippen molar-refractivity contribution in [1.82, 2.24) is 20.0 Å². The van der Waals surface area contributed by atoms with Crippen molar-refractivity contribution in [3.63, 3.8) is 0 Å². The van der Waals surface area contributed by atoms with E-state index >= 15 is 0 Å². The Hall–Kier alpha value is -1.89. The number of carbonyl (C=O) groups is 2. The summed E-state index contributed by atoms with van der Waals surface area (Å²) in [4.78, 5) is 29.1. The van der Waals surface area contributed by atoms with Crippen LogP contribution in [0.25, 0.3) is 0 Å². The Morgan fingerprint density at radius 3 is 2.59 bits per heavy atom. The molecule has 27 heavy (non-hydrogen) atoms. The molecule has 3 rings (SSSR count). The maximum absolute atomic E-state index is 12.7. The highest BCUT2D eigenvalue weighted by Crippen LogP contribution is 2.30. The first kappa shape index (κ1) is 19.9. The summed E-state index contributed by atoms with van der Waals surface area (Å²) in [5.74, 6) is 0.484. The zero-order valence-corrected chi connectivity index (χ0v) is 16.6. The van der Waals surface area contributed by atoms with Crippen LogP contribution in [0.5, 0.6) is 0 Å². The Balaban J connectivity index is 1.56. The number of hydrogen-bond acceptors (Lipinski definition) is 4. The van der Waals surface area contributed by atoms with E-state index in [0.717, 1.165) is 57.5 Å². The van der Waals surface area contributed by atoms with Gasteiger partial charge in [-0.05, 0) is 46.0 Å². The fourth-order valence-electron chi connectivity index (χ4n) is 4.17. The molecule has 2 aliphatic rings. The summed E-state index contributed by atoms with van der Waals surface area (Å²) in [6.07, 6.45) is 7.21. The van der Waals surface area contributed by atoms with Crippen LogP contribution in [0.1, 0.15) is 74.3 Å². The van der Waals surface area contributed by atoms with Crippen LogP contribution in [0.15, 0.2) is 6.20 Å². The molecule has 0 aliphatic carbocycles. The lowest BCUT2D eigenvalue weighted by molar-refractivity contribution is -0.136. The van der Waals surface area contributed by atoms with Crippen molar-refractivity contribution in [3.05, 3.63) is 17.5 Å². The normalized spacial score (nSPS) is 21.3. The number of aromatic amines is 1. The van der Waals surface area contributed by atoms with E-state index in [-0.39, 0.29) is 23.8 Å². The van der Waals surface area contributed by atoms with Gasteiger partial charge in [0, 0.05) is 38.7 Å².